The van der Waals surface area contributed by atoms with Gasteiger partial charge in [0.15, 0.2) is 0 Å². The zero-order valence-corrected chi connectivity index (χ0v) is 22.7. The quantitative estimate of drug-likeness (QED) is 0.498. The van der Waals surface area contributed by atoms with Crippen LogP contribution in [-0.4, -0.2) is 80.3 Å². The predicted molar refractivity (Wildman–Crippen MR) is 144 cm³/mol. The van der Waals surface area contributed by atoms with Gasteiger partial charge in [0.25, 0.3) is 11.5 Å². The van der Waals surface area contributed by atoms with Crippen LogP contribution in [0.3, 0.4) is 0 Å². The van der Waals surface area contributed by atoms with Crippen LogP contribution in [0.15, 0.2) is 47.5 Å². The van der Waals surface area contributed by atoms with E-state index in [1.807, 2.05) is 0 Å². The lowest BCUT2D eigenvalue weighted by atomic mass is 9.99. The second kappa shape index (κ2) is 11.2. The minimum absolute atomic E-state index is 0.0396. The average Bonchev–Trinajstić information content (AvgIpc) is 3.53. The molecule has 39 heavy (non-hydrogen) atoms. The first-order chi connectivity index (χ1) is 18.7. The van der Waals surface area contributed by atoms with Gasteiger partial charge in [0.2, 0.25) is 11.8 Å². The Balaban J connectivity index is 1.41. The second-order valence-electron chi connectivity index (χ2n) is 9.88. The Labute approximate surface area is 234 Å². The number of pyridine rings is 1. The number of aromatic nitrogens is 4. The molecule has 2 aliphatic heterocycles. The number of fused-ring (bicyclic) bond motifs is 6. The minimum atomic E-state index is -0.433. The van der Waals surface area contributed by atoms with Crippen LogP contribution >= 0.6 is 23.2 Å². The Hall–Kier alpha value is -3.70. The van der Waals surface area contributed by atoms with E-state index in [1.54, 1.807) is 53.3 Å². The molecule has 0 unspecified atom stereocenters. The molecule has 1 N–H and O–H groups in total. The van der Waals surface area contributed by atoms with Crippen molar-refractivity contribution in [2.24, 2.45) is 5.92 Å². The summed E-state index contributed by atoms with van der Waals surface area (Å²) in [6, 6.07) is 7.95. The zero-order valence-electron chi connectivity index (χ0n) is 21.2. The van der Waals surface area contributed by atoms with Gasteiger partial charge in [0.1, 0.15) is 11.3 Å². The molecule has 2 aromatic heterocycles. The highest BCUT2D eigenvalue weighted by molar-refractivity contribution is 6.42. The summed E-state index contributed by atoms with van der Waals surface area (Å²) in [5.74, 6) is -0.933. The third kappa shape index (κ3) is 5.84. The molecule has 2 atom stereocenters. The van der Waals surface area contributed by atoms with Crippen LogP contribution in [0.2, 0.25) is 10.0 Å². The van der Waals surface area contributed by atoms with Crippen molar-refractivity contribution in [1.29, 1.82) is 0 Å². The smallest absolute Gasteiger partial charge is 0.263 e. The van der Waals surface area contributed by atoms with E-state index in [0.717, 1.165) is 5.56 Å². The molecule has 5 rings (SSSR count). The fourth-order valence-corrected chi connectivity index (χ4v) is 5.34. The first-order valence-electron chi connectivity index (χ1n) is 12.5. The van der Waals surface area contributed by atoms with Gasteiger partial charge in [-0.1, -0.05) is 34.5 Å². The van der Waals surface area contributed by atoms with Crippen molar-refractivity contribution in [2.75, 3.05) is 33.2 Å². The van der Waals surface area contributed by atoms with Crippen LogP contribution in [0.4, 0.5) is 0 Å². The maximum absolute atomic E-state index is 13.2. The molecule has 3 aromatic rings. The van der Waals surface area contributed by atoms with Crippen molar-refractivity contribution in [2.45, 2.75) is 25.4 Å². The molecule has 1 saturated heterocycles. The van der Waals surface area contributed by atoms with Crippen molar-refractivity contribution < 1.29 is 14.4 Å². The molecular weight excluding hydrogens is 545 g/mol. The SMILES string of the molecule is CN1CCNC(=O)C[C@H]2CN(C(=O)Cc3ccc(Cl)c(Cl)c3)C[C@H]2n2cc(nn2)Cn2cccc(c2=O)C1=O. The third-order valence-corrected chi connectivity index (χ3v) is 7.88. The van der Waals surface area contributed by atoms with Gasteiger partial charge in [-0.2, -0.15) is 0 Å². The van der Waals surface area contributed by atoms with Gasteiger partial charge in [-0.15, -0.1) is 5.10 Å². The van der Waals surface area contributed by atoms with E-state index in [0.29, 0.717) is 28.8 Å². The first kappa shape index (κ1) is 26.9. The average molecular weight is 572 g/mol. The Morgan fingerprint density at radius 2 is 1.95 bits per heavy atom. The predicted octanol–water partition coefficient (Wildman–Crippen LogP) is 1.63. The van der Waals surface area contributed by atoms with E-state index in [-0.39, 0.29) is 61.8 Å². The van der Waals surface area contributed by atoms with Crippen LogP contribution < -0.4 is 10.9 Å². The highest BCUT2D eigenvalue weighted by Crippen LogP contribution is 2.31. The van der Waals surface area contributed by atoms with Crippen LogP contribution in [-0.2, 0) is 22.6 Å². The number of nitrogens with zero attached hydrogens (tertiary/aromatic N) is 6. The monoisotopic (exact) mass is 571 g/mol. The molecule has 0 saturated carbocycles. The zero-order chi connectivity index (χ0) is 27.7. The number of hydrogen-bond donors (Lipinski definition) is 1. The second-order valence-corrected chi connectivity index (χ2v) is 10.7. The molecule has 204 valence electrons. The lowest BCUT2D eigenvalue weighted by Gasteiger charge is -2.20. The Morgan fingerprint density at radius 1 is 1.13 bits per heavy atom. The van der Waals surface area contributed by atoms with Crippen molar-refractivity contribution in [3.8, 4) is 0 Å². The summed E-state index contributed by atoms with van der Waals surface area (Å²) in [6.07, 6.45) is 3.64. The van der Waals surface area contributed by atoms with Crippen molar-refractivity contribution in [1.82, 2.24) is 34.7 Å². The van der Waals surface area contributed by atoms with Gasteiger partial charge in [0.05, 0.1) is 35.2 Å². The number of nitrogens with one attached hydrogen (secondary N) is 1. The van der Waals surface area contributed by atoms with Crippen LogP contribution in [0.25, 0.3) is 0 Å². The summed E-state index contributed by atoms with van der Waals surface area (Å²) < 4.78 is 3.08. The molecule has 4 heterocycles. The number of carbonyl (C=O) groups is 3. The maximum Gasteiger partial charge on any atom is 0.263 e. The van der Waals surface area contributed by atoms with E-state index < -0.39 is 11.5 Å². The molecule has 4 bridgehead atoms. The standard InChI is InChI=1S/C26H27Cl2N7O4/c1-32-8-6-29-23(36)11-17-12-34(24(37)10-16-4-5-20(27)21(28)9-16)15-22(17)35-14-18(30-31-35)13-33-7-2-3-19(25(32)38)26(33)39/h2-5,7,9,14,17,22H,6,8,10-13,15H2,1H3,(H,29,36)/t17-,22+/m0/s1. The fourth-order valence-electron chi connectivity index (χ4n) is 5.02. The number of likely N-dealkylation sites (N-methyl/N-ethyl adjacent to an activating group) is 1. The number of benzene rings is 1. The summed E-state index contributed by atoms with van der Waals surface area (Å²) in [6.45, 7) is 1.32. The van der Waals surface area contributed by atoms with Gasteiger partial charge in [-0.25, -0.2) is 4.68 Å². The fraction of sp³-hybridized carbons (Fsp3) is 0.385. The lowest BCUT2D eigenvalue weighted by Crippen LogP contribution is -2.39. The molecule has 0 radical (unpaired) electrons. The highest BCUT2D eigenvalue weighted by atomic mass is 35.5. The van der Waals surface area contributed by atoms with Crippen LogP contribution in [0, 0.1) is 5.92 Å². The van der Waals surface area contributed by atoms with Crippen molar-refractivity contribution >= 4 is 40.9 Å². The van der Waals surface area contributed by atoms with Crippen molar-refractivity contribution in [3.63, 3.8) is 0 Å². The number of rotatable bonds is 2. The molecule has 11 nitrogen and oxygen atoms in total. The minimum Gasteiger partial charge on any atom is -0.354 e. The topological polar surface area (TPSA) is 122 Å². The Bertz CT molecular complexity index is 1490. The van der Waals surface area contributed by atoms with Crippen LogP contribution in [0.1, 0.15) is 34.1 Å². The van der Waals surface area contributed by atoms with Gasteiger partial charge in [0, 0.05) is 51.8 Å². The number of halogens is 2. The summed E-state index contributed by atoms with van der Waals surface area (Å²) in [4.78, 5) is 55.1. The molecule has 2 aliphatic rings. The van der Waals surface area contributed by atoms with E-state index in [4.69, 9.17) is 23.2 Å². The summed E-state index contributed by atoms with van der Waals surface area (Å²) >= 11 is 12.1. The molecule has 13 heteroatoms. The van der Waals surface area contributed by atoms with Gasteiger partial charge < -0.3 is 19.7 Å². The van der Waals surface area contributed by atoms with Gasteiger partial charge >= 0.3 is 0 Å². The number of amides is 3. The number of hydrogen-bond acceptors (Lipinski definition) is 6. The van der Waals surface area contributed by atoms with E-state index in [1.165, 1.54) is 15.5 Å². The highest BCUT2D eigenvalue weighted by Gasteiger charge is 2.38. The van der Waals surface area contributed by atoms with Gasteiger partial charge in [-0.3, -0.25) is 19.2 Å². The molecule has 3 amide bonds. The van der Waals surface area contributed by atoms with E-state index >= 15 is 0 Å². The molecular formula is C26H27Cl2N7O4. The van der Waals surface area contributed by atoms with Crippen LogP contribution in [0.5, 0.6) is 0 Å². The largest absolute Gasteiger partial charge is 0.354 e. The van der Waals surface area contributed by atoms with E-state index in [2.05, 4.69) is 15.6 Å². The molecule has 0 spiro atoms. The summed E-state index contributed by atoms with van der Waals surface area (Å²) in [5.41, 5.74) is 0.869. The molecule has 1 fully saturated rings. The third-order valence-electron chi connectivity index (χ3n) is 7.14. The number of likely N-dealkylation sites (tertiary alicyclic amines) is 1. The van der Waals surface area contributed by atoms with Gasteiger partial charge in [-0.05, 0) is 29.8 Å². The normalized spacial score (nSPS) is 20.1. The first-order valence-corrected chi connectivity index (χ1v) is 13.3. The maximum atomic E-state index is 13.2. The van der Waals surface area contributed by atoms with Crippen molar-refractivity contribution in [3.05, 3.63) is 79.9 Å². The lowest BCUT2D eigenvalue weighted by molar-refractivity contribution is -0.130. The number of carbonyl (C=O) groups excluding carboxylic acids is 3. The van der Waals surface area contributed by atoms with E-state index in [9.17, 15) is 19.2 Å². The summed E-state index contributed by atoms with van der Waals surface area (Å²) in [5, 5.41) is 12.2. The summed E-state index contributed by atoms with van der Waals surface area (Å²) in [7, 11) is 1.59. The molecule has 0 aliphatic carbocycles. The Morgan fingerprint density at radius 3 is 2.74 bits per heavy atom. The Kier molecular flexibility index (Phi) is 7.72. The molecule has 1 aromatic carbocycles.